The molecule has 0 heterocycles. The Balaban J connectivity index is 1.71. The van der Waals surface area contributed by atoms with Gasteiger partial charge in [-0.25, -0.2) is 0 Å². The summed E-state index contributed by atoms with van der Waals surface area (Å²) < 4.78 is 5.55. The molecule has 3 nitrogen and oxygen atoms in total. The Hall–Kier alpha value is -3.17. The largest absolute Gasteiger partial charge is 0.465 e. The molecule has 31 heavy (non-hydrogen) atoms. The lowest BCUT2D eigenvalue weighted by atomic mass is 9.85. The Morgan fingerprint density at radius 2 is 1.42 bits per heavy atom. The van der Waals surface area contributed by atoms with Crippen LogP contribution < -0.4 is 0 Å². The van der Waals surface area contributed by atoms with E-state index in [2.05, 4.69) is 66.7 Å². The third-order valence-corrected chi connectivity index (χ3v) is 6.42. The van der Waals surface area contributed by atoms with Crippen molar-refractivity contribution in [1.29, 1.82) is 0 Å². The predicted molar refractivity (Wildman–Crippen MR) is 128 cm³/mol. The molecular weight excluding hydrogens is 384 g/mol. The van der Waals surface area contributed by atoms with Gasteiger partial charge in [0, 0.05) is 6.61 Å². The summed E-state index contributed by atoms with van der Waals surface area (Å²) in [5, 5.41) is 18.8. The summed E-state index contributed by atoms with van der Waals surface area (Å²) in [4.78, 5) is 12.9. The second-order valence-electron chi connectivity index (χ2n) is 8.20. The molecule has 0 radical (unpaired) electrons. The summed E-state index contributed by atoms with van der Waals surface area (Å²) in [7, 11) is 0. The topological polar surface area (TPSA) is 46.5 Å². The lowest BCUT2D eigenvalue weighted by molar-refractivity contribution is -0.145. The number of benzene rings is 5. The van der Waals surface area contributed by atoms with Crippen LogP contribution in [0.1, 0.15) is 37.7 Å². The fraction of sp³-hybridized carbons (Fsp3) is 0.250. The quantitative estimate of drug-likeness (QED) is 0.143. The van der Waals surface area contributed by atoms with Gasteiger partial charge in [-0.2, -0.15) is 0 Å². The van der Waals surface area contributed by atoms with Gasteiger partial charge in [0.25, 0.3) is 0 Å². The molecule has 0 saturated heterocycles. The van der Waals surface area contributed by atoms with Crippen LogP contribution in [0.3, 0.4) is 0 Å². The van der Waals surface area contributed by atoms with Crippen molar-refractivity contribution in [2.75, 3.05) is 13.2 Å². The van der Waals surface area contributed by atoms with Crippen LogP contribution in [0, 0.1) is 0 Å². The Morgan fingerprint density at radius 3 is 2.10 bits per heavy atom. The van der Waals surface area contributed by atoms with Gasteiger partial charge in [0.1, 0.15) is 0 Å². The van der Waals surface area contributed by atoms with E-state index in [4.69, 9.17) is 9.84 Å². The highest BCUT2D eigenvalue weighted by molar-refractivity contribution is 6.33. The highest BCUT2D eigenvalue weighted by Crippen LogP contribution is 2.42. The number of unbranched alkanes of at least 4 members (excludes halogenated alkanes) is 1. The van der Waals surface area contributed by atoms with Crippen molar-refractivity contribution in [3.63, 3.8) is 0 Å². The Labute approximate surface area is 181 Å². The van der Waals surface area contributed by atoms with Crippen LogP contribution >= 0.6 is 0 Å². The van der Waals surface area contributed by atoms with Crippen molar-refractivity contribution in [3.05, 3.63) is 72.3 Å². The van der Waals surface area contributed by atoms with E-state index in [-0.39, 0.29) is 18.5 Å². The average Bonchev–Trinajstić information content (AvgIpc) is 2.81. The number of esters is 1. The van der Waals surface area contributed by atoms with Gasteiger partial charge in [-0.05, 0) is 67.9 Å². The van der Waals surface area contributed by atoms with Crippen LogP contribution in [0.5, 0.6) is 0 Å². The van der Waals surface area contributed by atoms with Crippen molar-refractivity contribution in [3.8, 4) is 0 Å². The van der Waals surface area contributed by atoms with Crippen molar-refractivity contribution >= 4 is 49.1 Å². The molecule has 0 aromatic heterocycles. The zero-order valence-corrected chi connectivity index (χ0v) is 17.7. The maximum absolute atomic E-state index is 12.9. The zero-order valence-electron chi connectivity index (χ0n) is 17.7. The molecule has 0 spiro atoms. The normalized spacial score (nSPS) is 12.8. The standard InChI is InChI=1S/C28H26O3/c1-2-19(28(30)31-17-4-3-16-29)20-14-15-25-23-11-6-9-18-8-5-10-22(26(18)23)24-13-7-12-21(20)27(24)25/h5-15,19,29H,2-4,16-17H2,1H3. The first kappa shape index (κ1) is 19.8. The molecule has 0 aliphatic carbocycles. The van der Waals surface area contributed by atoms with Gasteiger partial charge in [-0.3, -0.25) is 4.79 Å². The van der Waals surface area contributed by atoms with Crippen molar-refractivity contribution in [1.82, 2.24) is 0 Å². The molecule has 5 aromatic rings. The Bertz CT molecular complexity index is 1340. The van der Waals surface area contributed by atoms with Gasteiger partial charge in [0.15, 0.2) is 0 Å². The molecule has 0 amide bonds. The molecule has 0 bridgehead atoms. The summed E-state index contributed by atoms with van der Waals surface area (Å²) in [6.45, 7) is 2.51. The molecule has 0 aliphatic heterocycles. The van der Waals surface area contributed by atoms with Crippen molar-refractivity contribution in [2.24, 2.45) is 0 Å². The Kier molecular flexibility index (Phi) is 5.21. The molecule has 5 rings (SSSR count). The van der Waals surface area contributed by atoms with Gasteiger partial charge in [0.2, 0.25) is 0 Å². The fourth-order valence-corrected chi connectivity index (χ4v) is 4.97. The predicted octanol–water partition coefficient (Wildman–Crippen LogP) is 6.55. The highest BCUT2D eigenvalue weighted by Gasteiger charge is 2.24. The second-order valence-corrected chi connectivity index (χ2v) is 8.20. The van der Waals surface area contributed by atoms with Crippen molar-refractivity contribution in [2.45, 2.75) is 32.1 Å². The van der Waals surface area contributed by atoms with Crippen LogP contribution in [-0.2, 0) is 9.53 Å². The third kappa shape index (κ3) is 3.21. The molecule has 3 heteroatoms. The first-order chi connectivity index (χ1) is 15.2. The van der Waals surface area contributed by atoms with Crippen LogP contribution in [0.15, 0.2) is 66.7 Å². The first-order valence-corrected chi connectivity index (χ1v) is 11.1. The number of aliphatic hydroxyl groups is 1. The molecule has 0 fully saturated rings. The minimum absolute atomic E-state index is 0.123. The third-order valence-electron chi connectivity index (χ3n) is 6.42. The summed E-state index contributed by atoms with van der Waals surface area (Å²) in [5.74, 6) is -0.481. The number of hydrogen-bond acceptors (Lipinski definition) is 3. The molecule has 1 atom stereocenters. The molecule has 0 aliphatic rings. The summed E-state index contributed by atoms with van der Waals surface area (Å²) >= 11 is 0. The lowest BCUT2D eigenvalue weighted by Crippen LogP contribution is -2.16. The molecule has 0 saturated carbocycles. The van der Waals surface area contributed by atoms with E-state index in [1.165, 1.54) is 37.7 Å². The van der Waals surface area contributed by atoms with Crippen molar-refractivity contribution < 1.29 is 14.6 Å². The van der Waals surface area contributed by atoms with E-state index >= 15 is 0 Å². The van der Waals surface area contributed by atoms with E-state index < -0.39 is 0 Å². The van der Waals surface area contributed by atoms with Crippen LogP contribution in [0.25, 0.3) is 43.1 Å². The van der Waals surface area contributed by atoms with Crippen LogP contribution in [0.4, 0.5) is 0 Å². The maximum Gasteiger partial charge on any atom is 0.313 e. The summed E-state index contributed by atoms with van der Waals surface area (Å²) in [6, 6.07) is 23.7. The molecule has 1 unspecified atom stereocenters. The molecule has 1 N–H and O–H groups in total. The summed E-state index contributed by atoms with van der Waals surface area (Å²) in [6.07, 6.45) is 2.02. The second kappa shape index (κ2) is 8.16. The van der Waals surface area contributed by atoms with E-state index in [1.807, 2.05) is 6.92 Å². The van der Waals surface area contributed by atoms with E-state index in [0.717, 1.165) is 10.9 Å². The first-order valence-electron chi connectivity index (χ1n) is 11.1. The maximum atomic E-state index is 12.9. The fourth-order valence-electron chi connectivity index (χ4n) is 4.97. The number of rotatable bonds is 7. The van der Waals surface area contributed by atoms with Gasteiger partial charge < -0.3 is 9.84 Å². The lowest BCUT2D eigenvalue weighted by Gasteiger charge is -2.20. The number of fused-ring (bicyclic) bond motifs is 2. The number of ether oxygens (including phenoxy) is 1. The monoisotopic (exact) mass is 410 g/mol. The van der Waals surface area contributed by atoms with Gasteiger partial charge in [-0.1, -0.05) is 73.7 Å². The van der Waals surface area contributed by atoms with Gasteiger partial charge in [-0.15, -0.1) is 0 Å². The van der Waals surface area contributed by atoms with Gasteiger partial charge in [0.05, 0.1) is 12.5 Å². The molecule has 156 valence electrons. The van der Waals surface area contributed by atoms with Crippen LogP contribution in [-0.4, -0.2) is 24.3 Å². The van der Waals surface area contributed by atoms with Gasteiger partial charge >= 0.3 is 5.97 Å². The minimum Gasteiger partial charge on any atom is -0.465 e. The average molecular weight is 411 g/mol. The number of carbonyl (C=O) groups excluding carboxylic acids is 1. The van der Waals surface area contributed by atoms with E-state index in [0.29, 0.717) is 25.9 Å². The minimum atomic E-state index is -0.300. The number of carbonyl (C=O) groups is 1. The SMILES string of the molecule is CCC(C(=O)OCCCCO)c1ccc2c3cccc4cccc(c5cccc1c52)c43. The zero-order chi connectivity index (χ0) is 21.4. The van der Waals surface area contributed by atoms with Crippen LogP contribution in [0.2, 0.25) is 0 Å². The number of aliphatic hydroxyl groups excluding tert-OH is 1. The van der Waals surface area contributed by atoms with E-state index in [9.17, 15) is 4.79 Å². The summed E-state index contributed by atoms with van der Waals surface area (Å²) in [5.41, 5.74) is 1.03. The smallest absolute Gasteiger partial charge is 0.313 e. The van der Waals surface area contributed by atoms with E-state index in [1.54, 1.807) is 0 Å². The molecular formula is C28H26O3. The highest BCUT2D eigenvalue weighted by atomic mass is 16.5. The molecule has 5 aromatic carbocycles. The Morgan fingerprint density at radius 1 is 0.806 bits per heavy atom. The number of hydrogen-bond donors (Lipinski definition) is 1.